The minimum absolute atomic E-state index is 0.0438. The average Bonchev–Trinajstić information content (AvgIpc) is 2.56. The second kappa shape index (κ2) is 16.7. The number of carbonyl (C=O) groups is 2. The maximum Gasteiger partial charge on any atom is 0.245 e. The summed E-state index contributed by atoms with van der Waals surface area (Å²) in [5, 5.41) is 5.74. The van der Waals surface area contributed by atoms with Crippen molar-refractivity contribution in [2.75, 3.05) is 39.5 Å². The van der Waals surface area contributed by atoms with Crippen molar-refractivity contribution in [3.63, 3.8) is 0 Å². The standard InChI is InChI=1S/C18H36N2O4/c1-4-23-15-17(21)19-11-7-5-9-13-24-14-10-6-8-12-20-18(22)16(2)3/h16H,4-15H2,1-3H3,(H,19,21)(H,20,22). The van der Waals surface area contributed by atoms with E-state index >= 15 is 0 Å². The monoisotopic (exact) mass is 344 g/mol. The molecule has 0 rings (SSSR count). The summed E-state index contributed by atoms with van der Waals surface area (Å²) in [4.78, 5) is 22.6. The number of amides is 2. The van der Waals surface area contributed by atoms with Crippen LogP contribution in [0.4, 0.5) is 0 Å². The molecule has 0 aliphatic rings. The largest absolute Gasteiger partial charge is 0.381 e. The van der Waals surface area contributed by atoms with E-state index in [1.807, 2.05) is 20.8 Å². The van der Waals surface area contributed by atoms with Gasteiger partial charge in [0.25, 0.3) is 0 Å². The average molecular weight is 344 g/mol. The molecule has 2 amide bonds. The Balaban J connectivity index is 3.15. The molecule has 0 saturated heterocycles. The molecule has 0 aromatic carbocycles. The molecule has 0 bridgehead atoms. The Kier molecular flexibility index (Phi) is 15.9. The van der Waals surface area contributed by atoms with E-state index in [1.165, 1.54) is 0 Å². The third-order valence-electron chi connectivity index (χ3n) is 3.51. The first-order valence-electron chi connectivity index (χ1n) is 9.27. The third kappa shape index (κ3) is 15.7. The minimum Gasteiger partial charge on any atom is -0.381 e. The lowest BCUT2D eigenvalue weighted by molar-refractivity contribution is -0.125. The quantitative estimate of drug-likeness (QED) is 0.421. The van der Waals surface area contributed by atoms with E-state index in [0.29, 0.717) is 13.2 Å². The summed E-state index contributed by atoms with van der Waals surface area (Å²) in [6, 6.07) is 0. The number of unbranched alkanes of at least 4 members (excludes halogenated alkanes) is 4. The molecule has 0 radical (unpaired) electrons. The molecule has 0 atom stereocenters. The van der Waals surface area contributed by atoms with Gasteiger partial charge in [-0.25, -0.2) is 0 Å². The molecule has 142 valence electrons. The Bertz CT molecular complexity index is 322. The smallest absolute Gasteiger partial charge is 0.245 e. The summed E-state index contributed by atoms with van der Waals surface area (Å²) >= 11 is 0. The van der Waals surface area contributed by atoms with E-state index in [-0.39, 0.29) is 24.3 Å². The number of nitrogens with one attached hydrogen (secondary N) is 2. The van der Waals surface area contributed by atoms with Gasteiger partial charge >= 0.3 is 0 Å². The molecule has 6 nitrogen and oxygen atoms in total. The van der Waals surface area contributed by atoms with Gasteiger partial charge in [0.1, 0.15) is 6.61 Å². The molecule has 0 unspecified atom stereocenters. The number of carbonyl (C=O) groups excluding carboxylic acids is 2. The molecule has 6 heteroatoms. The van der Waals surface area contributed by atoms with E-state index < -0.39 is 0 Å². The fourth-order valence-electron chi connectivity index (χ4n) is 2.00. The number of rotatable bonds is 16. The van der Waals surface area contributed by atoms with Gasteiger partial charge in [0.15, 0.2) is 0 Å². The summed E-state index contributed by atoms with van der Waals surface area (Å²) in [5.41, 5.74) is 0. The first-order chi connectivity index (χ1) is 11.6. The van der Waals surface area contributed by atoms with E-state index in [0.717, 1.165) is 58.3 Å². The zero-order valence-corrected chi connectivity index (χ0v) is 15.7. The van der Waals surface area contributed by atoms with Gasteiger partial charge in [0, 0.05) is 38.8 Å². The van der Waals surface area contributed by atoms with Crippen LogP contribution in [0.2, 0.25) is 0 Å². The van der Waals surface area contributed by atoms with Crippen molar-refractivity contribution < 1.29 is 19.1 Å². The first kappa shape index (κ1) is 22.9. The molecule has 24 heavy (non-hydrogen) atoms. The summed E-state index contributed by atoms with van der Waals surface area (Å²) < 4.78 is 10.6. The highest BCUT2D eigenvalue weighted by Gasteiger charge is 2.04. The highest BCUT2D eigenvalue weighted by Crippen LogP contribution is 1.99. The van der Waals surface area contributed by atoms with Gasteiger partial charge in [-0.3, -0.25) is 9.59 Å². The molecule has 0 saturated carbocycles. The van der Waals surface area contributed by atoms with Crippen molar-refractivity contribution in [2.24, 2.45) is 5.92 Å². The predicted octanol–water partition coefficient (Wildman–Crippen LogP) is 2.27. The summed E-state index contributed by atoms with van der Waals surface area (Å²) in [7, 11) is 0. The van der Waals surface area contributed by atoms with Crippen molar-refractivity contribution in [1.82, 2.24) is 10.6 Å². The van der Waals surface area contributed by atoms with Crippen LogP contribution in [0.5, 0.6) is 0 Å². The second-order valence-electron chi connectivity index (χ2n) is 6.17. The molecular weight excluding hydrogens is 308 g/mol. The molecule has 0 aromatic rings. The lowest BCUT2D eigenvalue weighted by atomic mass is 10.2. The van der Waals surface area contributed by atoms with E-state index in [4.69, 9.17) is 9.47 Å². The van der Waals surface area contributed by atoms with E-state index in [1.54, 1.807) is 0 Å². The zero-order valence-electron chi connectivity index (χ0n) is 15.7. The fraction of sp³-hybridized carbons (Fsp3) is 0.889. The third-order valence-corrected chi connectivity index (χ3v) is 3.51. The second-order valence-corrected chi connectivity index (χ2v) is 6.17. The maximum atomic E-state index is 11.3. The van der Waals surface area contributed by atoms with Crippen LogP contribution in [0.15, 0.2) is 0 Å². The summed E-state index contributed by atoms with van der Waals surface area (Å²) in [6.07, 6.45) is 6.15. The van der Waals surface area contributed by atoms with Crippen LogP contribution in [-0.2, 0) is 19.1 Å². The Labute approximate surface area is 147 Å². The van der Waals surface area contributed by atoms with Gasteiger partial charge < -0.3 is 20.1 Å². The van der Waals surface area contributed by atoms with Crippen molar-refractivity contribution in [3.8, 4) is 0 Å². The van der Waals surface area contributed by atoms with Crippen LogP contribution in [0.3, 0.4) is 0 Å². The van der Waals surface area contributed by atoms with Crippen LogP contribution in [0.25, 0.3) is 0 Å². The summed E-state index contributed by atoms with van der Waals surface area (Å²) in [5.74, 6) is 0.143. The van der Waals surface area contributed by atoms with E-state index in [9.17, 15) is 9.59 Å². The molecular formula is C18H36N2O4. The van der Waals surface area contributed by atoms with Crippen molar-refractivity contribution >= 4 is 11.8 Å². The van der Waals surface area contributed by atoms with Crippen molar-refractivity contribution in [2.45, 2.75) is 59.3 Å². The Hall–Kier alpha value is -1.14. The van der Waals surface area contributed by atoms with E-state index in [2.05, 4.69) is 10.6 Å². The van der Waals surface area contributed by atoms with Crippen LogP contribution in [-0.4, -0.2) is 51.3 Å². The number of ether oxygens (including phenoxy) is 2. The van der Waals surface area contributed by atoms with Crippen LogP contribution < -0.4 is 10.6 Å². The predicted molar refractivity (Wildman–Crippen MR) is 95.9 cm³/mol. The molecule has 0 fully saturated rings. The van der Waals surface area contributed by atoms with Crippen LogP contribution in [0.1, 0.15) is 59.3 Å². The lowest BCUT2D eigenvalue weighted by Gasteiger charge is -2.08. The first-order valence-corrected chi connectivity index (χ1v) is 9.27. The number of hydrogen-bond donors (Lipinski definition) is 2. The van der Waals surface area contributed by atoms with Gasteiger partial charge in [-0.1, -0.05) is 13.8 Å². The Morgan fingerprint density at radius 2 is 1.42 bits per heavy atom. The Morgan fingerprint density at radius 3 is 1.96 bits per heavy atom. The topological polar surface area (TPSA) is 76.7 Å². The van der Waals surface area contributed by atoms with Crippen LogP contribution in [0, 0.1) is 5.92 Å². The molecule has 0 aliphatic carbocycles. The van der Waals surface area contributed by atoms with Gasteiger partial charge in [-0.15, -0.1) is 0 Å². The van der Waals surface area contributed by atoms with Gasteiger partial charge in [-0.2, -0.15) is 0 Å². The van der Waals surface area contributed by atoms with Crippen molar-refractivity contribution in [1.29, 1.82) is 0 Å². The molecule has 0 aliphatic heterocycles. The van der Waals surface area contributed by atoms with Gasteiger partial charge in [0.2, 0.25) is 11.8 Å². The number of hydrogen-bond acceptors (Lipinski definition) is 4. The zero-order chi connectivity index (χ0) is 18.0. The van der Waals surface area contributed by atoms with Crippen LogP contribution >= 0.6 is 0 Å². The molecule has 0 heterocycles. The molecule has 0 spiro atoms. The highest BCUT2D eigenvalue weighted by atomic mass is 16.5. The summed E-state index contributed by atoms with van der Waals surface area (Å²) in [6.45, 7) is 9.41. The Morgan fingerprint density at radius 1 is 0.833 bits per heavy atom. The van der Waals surface area contributed by atoms with Gasteiger partial charge in [0.05, 0.1) is 0 Å². The van der Waals surface area contributed by atoms with Crippen molar-refractivity contribution in [3.05, 3.63) is 0 Å². The molecule has 2 N–H and O–H groups in total. The lowest BCUT2D eigenvalue weighted by Crippen LogP contribution is -2.28. The SMILES string of the molecule is CCOCC(=O)NCCCCCOCCCCCNC(=O)C(C)C. The fourth-order valence-corrected chi connectivity index (χ4v) is 2.00. The maximum absolute atomic E-state index is 11.3. The van der Waals surface area contributed by atoms with Gasteiger partial charge in [-0.05, 0) is 45.4 Å². The molecule has 0 aromatic heterocycles. The highest BCUT2D eigenvalue weighted by molar-refractivity contribution is 5.77. The normalized spacial score (nSPS) is 10.8. The minimum atomic E-state index is -0.0438.